The van der Waals surface area contributed by atoms with Crippen LogP contribution in [0, 0.1) is 19.7 Å². The SMILES string of the molecule is Cc1ccc(Oc2cc(CCN)ccc2C)cc1F. The van der Waals surface area contributed by atoms with E-state index in [1.807, 2.05) is 25.1 Å². The van der Waals surface area contributed by atoms with Crippen molar-refractivity contribution in [3.8, 4) is 11.5 Å². The zero-order chi connectivity index (χ0) is 13.8. The van der Waals surface area contributed by atoms with E-state index in [-0.39, 0.29) is 5.82 Å². The van der Waals surface area contributed by atoms with E-state index in [1.165, 1.54) is 6.07 Å². The Bertz CT molecular complexity index is 581. The zero-order valence-corrected chi connectivity index (χ0v) is 11.2. The largest absolute Gasteiger partial charge is 0.457 e. The summed E-state index contributed by atoms with van der Waals surface area (Å²) >= 11 is 0. The predicted octanol–water partition coefficient (Wildman–Crippen LogP) is 3.74. The molecular formula is C16H18FNO. The molecule has 0 aromatic heterocycles. The molecule has 2 N–H and O–H groups in total. The molecule has 0 spiro atoms. The smallest absolute Gasteiger partial charge is 0.130 e. The fourth-order valence-electron chi connectivity index (χ4n) is 1.84. The maximum atomic E-state index is 13.5. The summed E-state index contributed by atoms with van der Waals surface area (Å²) < 4.78 is 19.2. The molecule has 0 heterocycles. The van der Waals surface area contributed by atoms with Gasteiger partial charge in [-0.3, -0.25) is 0 Å². The van der Waals surface area contributed by atoms with Crippen molar-refractivity contribution in [2.45, 2.75) is 20.3 Å². The molecule has 0 saturated heterocycles. The third-order valence-electron chi connectivity index (χ3n) is 3.06. The van der Waals surface area contributed by atoms with E-state index in [0.29, 0.717) is 17.9 Å². The number of ether oxygens (including phenoxy) is 1. The van der Waals surface area contributed by atoms with Gasteiger partial charge in [-0.25, -0.2) is 4.39 Å². The van der Waals surface area contributed by atoms with E-state index in [9.17, 15) is 4.39 Å². The standard InChI is InChI=1S/C16H18FNO/c1-11-4-6-14(10-15(11)17)19-16-9-13(7-8-18)5-3-12(16)2/h3-6,9-10H,7-8,18H2,1-2H3. The van der Waals surface area contributed by atoms with E-state index in [4.69, 9.17) is 10.5 Å². The second-order valence-electron chi connectivity index (χ2n) is 4.65. The molecule has 0 aliphatic carbocycles. The van der Waals surface area contributed by atoms with Gasteiger partial charge in [-0.1, -0.05) is 18.2 Å². The van der Waals surface area contributed by atoms with Gasteiger partial charge < -0.3 is 10.5 Å². The molecule has 0 aliphatic rings. The van der Waals surface area contributed by atoms with Gasteiger partial charge in [-0.15, -0.1) is 0 Å². The lowest BCUT2D eigenvalue weighted by atomic mass is 10.1. The van der Waals surface area contributed by atoms with Gasteiger partial charge in [0.25, 0.3) is 0 Å². The van der Waals surface area contributed by atoms with Crippen molar-refractivity contribution in [2.24, 2.45) is 5.73 Å². The van der Waals surface area contributed by atoms with Crippen molar-refractivity contribution in [3.63, 3.8) is 0 Å². The number of aryl methyl sites for hydroxylation is 2. The van der Waals surface area contributed by atoms with Crippen LogP contribution in [0.25, 0.3) is 0 Å². The zero-order valence-electron chi connectivity index (χ0n) is 11.2. The number of benzene rings is 2. The maximum Gasteiger partial charge on any atom is 0.130 e. The fraction of sp³-hybridized carbons (Fsp3) is 0.250. The Balaban J connectivity index is 2.26. The molecule has 100 valence electrons. The van der Waals surface area contributed by atoms with Crippen molar-refractivity contribution in [1.82, 2.24) is 0 Å². The molecule has 0 saturated carbocycles. The first kappa shape index (κ1) is 13.6. The second kappa shape index (κ2) is 5.85. The van der Waals surface area contributed by atoms with Gasteiger partial charge in [0, 0.05) is 6.07 Å². The molecule has 0 aliphatic heterocycles. The lowest BCUT2D eigenvalue weighted by Gasteiger charge is -2.11. The Morgan fingerprint density at radius 2 is 1.79 bits per heavy atom. The lowest BCUT2D eigenvalue weighted by molar-refractivity contribution is 0.472. The summed E-state index contributed by atoms with van der Waals surface area (Å²) in [6, 6.07) is 10.9. The third-order valence-corrected chi connectivity index (χ3v) is 3.06. The van der Waals surface area contributed by atoms with E-state index in [0.717, 1.165) is 23.3 Å². The minimum absolute atomic E-state index is 0.256. The summed E-state index contributed by atoms with van der Waals surface area (Å²) in [5.74, 6) is 0.999. The van der Waals surface area contributed by atoms with Crippen LogP contribution >= 0.6 is 0 Å². The van der Waals surface area contributed by atoms with Crippen LogP contribution in [-0.2, 0) is 6.42 Å². The number of halogens is 1. The molecular weight excluding hydrogens is 241 g/mol. The van der Waals surface area contributed by atoms with E-state index < -0.39 is 0 Å². The number of hydrogen-bond acceptors (Lipinski definition) is 2. The van der Waals surface area contributed by atoms with Crippen LogP contribution in [0.15, 0.2) is 36.4 Å². The summed E-state index contributed by atoms with van der Waals surface area (Å²) in [6.07, 6.45) is 0.804. The van der Waals surface area contributed by atoms with Gasteiger partial charge in [0.2, 0.25) is 0 Å². The number of nitrogens with two attached hydrogens (primary N) is 1. The molecule has 2 aromatic rings. The van der Waals surface area contributed by atoms with Crippen molar-refractivity contribution >= 4 is 0 Å². The van der Waals surface area contributed by atoms with Gasteiger partial charge >= 0.3 is 0 Å². The summed E-state index contributed by atoms with van der Waals surface area (Å²) in [5, 5.41) is 0. The molecule has 0 atom stereocenters. The van der Waals surface area contributed by atoms with Gasteiger partial charge in [0.1, 0.15) is 17.3 Å². The number of rotatable bonds is 4. The average Bonchev–Trinajstić information content (AvgIpc) is 2.38. The Labute approximate surface area is 113 Å². The second-order valence-corrected chi connectivity index (χ2v) is 4.65. The average molecular weight is 259 g/mol. The van der Waals surface area contributed by atoms with Gasteiger partial charge in [-0.05, 0) is 55.6 Å². The molecule has 0 fully saturated rings. The van der Waals surface area contributed by atoms with E-state index in [2.05, 4.69) is 0 Å². The first-order valence-corrected chi connectivity index (χ1v) is 6.34. The summed E-state index contributed by atoms with van der Waals surface area (Å²) in [5.41, 5.74) is 8.30. The van der Waals surface area contributed by atoms with Crippen LogP contribution in [0.1, 0.15) is 16.7 Å². The van der Waals surface area contributed by atoms with Crippen molar-refractivity contribution < 1.29 is 9.13 Å². The maximum absolute atomic E-state index is 13.5. The van der Waals surface area contributed by atoms with Crippen molar-refractivity contribution in [1.29, 1.82) is 0 Å². The highest BCUT2D eigenvalue weighted by Gasteiger charge is 2.05. The minimum Gasteiger partial charge on any atom is -0.457 e. The highest BCUT2D eigenvalue weighted by atomic mass is 19.1. The van der Waals surface area contributed by atoms with Crippen molar-refractivity contribution in [2.75, 3.05) is 6.54 Å². The quantitative estimate of drug-likeness (QED) is 0.907. The first-order valence-electron chi connectivity index (χ1n) is 6.34. The highest BCUT2D eigenvalue weighted by Crippen LogP contribution is 2.27. The normalized spacial score (nSPS) is 10.5. The van der Waals surface area contributed by atoms with Crippen LogP contribution in [0.3, 0.4) is 0 Å². The highest BCUT2D eigenvalue weighted by molar-refractivity contribution is 5.40. The molecule has 2 nitrogen and oxygen atoms in total. The molecule has 0 radical (unpaired) electrons. The predicted molar refractivity (Wildman–Crippen MR) is 75.1 cm³/mol. The molecule has 2 aromatic carbocycles. The molecule has 0 unspecified atom stereocenters. The van der Waals surface area contributed by atoms with E-state index >= 15 is 0 Å². The fourth-order valence-corrected chi connectivity index (χ4v) is 1.84. The Morgan fingerprint density at radius 3 is 2.47 bits per heavy atom. The summed E-state index contributed by atoms with van der Waals surface area (Å²) in [6.45, 7) is 4.29. The topological polar surface area (TPSA) is 35.2 Å². The Morgan fingerprint density at radius 1 is 1.05 bits per heavy atom. The summed E-state index contributed by atoms with van der Waals surface area (Å²) in [7, 11) is 0. The van der Waals surface area contributed by atoms with Crippen LogP contribution < -0.4 is 10.5 Å². The third kappa shape index (κ3) is 3.32. The van der Waals surface area contributed by atoms with E-state index in [1.54, 1.807) is 19.1 Å². The van der Waals surface area contributed by atoms with Crippen LogP contribution in [0.4, 0.5) is 4.39 Å². The Kier molecular flexibility index (Phi) is 4.17. The van der Waals surface area contributed by atoms with Crippen LogP contribution in [-0.4, -0.2) is 6.54 Å². The van der Waals surface area contributed by atoms with Gasteiger partial charge in [-0.2, -0.15) is 0 Å². The Hall–Kier alpha value is -1.87. The monoisotopic (exact) mass is 259 g/mol. The van der Waals surface area contributed by atoms with Crippen LogP contribution in [0.2, 0.25) is 0 Å². The molecule has 2 rings (SSSR count). The molecule has 3 heteroatoms. The molecule has 0 bridgehead atoms. The lowest BCUT2D eigenvalue weighted by Crippen LogP contribution is -2.03. The van der Waals surface area contributed by atoms with Crippen molar-refractivity contribution in [3.05, 3.63) is 58.9 Å². The number of hydrogen-bond donors (Lipinski definition) is 1. The first-order chi connectivity index (χ1) is 9.10. The van der Waals surface area contributed by atoms with Gasteiger partial charge in [0.05, 0.1) is 0 Å². The van der Waals surface area contributed by atoms with Crippen LogP contribution in [0.5, 0.6) is 11.5 Å². The van der Waals surface area contributed by atoms with Gasteiger partial charge in [0.15, 0.2) is 0 Å². The summed E-state index contributed by atoms with van der Waals surface area (Å²) in [4.78, 5) is 0. The molecule has 19 heavy (non-hydrogen) atoms. The minimum atomic E-state index is -0.256. The molecule has 0 amide bonds.